The molecule has 150 valence electrons. The number of nitrogens with zero attached hydrogens (tertiary/aromatic N) is 4. The Morgan fingerprint density at radius 1 is 1.21 bits per heavy atom. The summed E-state index contributed by atoms with van der Waals surface area (Å²) in [6.07, 6.45) is 3.55. The van der Waals surface area contributed by atoms with Crippen molar-refractivity contribution in [1.82, 2.24) is 19.4 Å². The van der Waals surface area contributed by atoms with Gasteiger partial charge in [-0.15, -0.1) is 0 Å². The van der Waals surface area contributed by atoms with Crippen molar-refractivity contribution in [2.75, 3.05) is 18.8 Å². The molecule has 1 aromatic carbocycles. The van der Waals surface area contributed by atoms with Crippen LogP contribution in [0.4, 0.5) is 14.5 Å². The number of hydrogen-bond donors (Lipinski definition) is 1. The summed E-state index contributed by atoms with van der Waals surface area (Å²) in [5.74, 6) is 0.0868. The zero-order valence-electron chi connectivity index (χ0n) is 16.0. The lowest BCUT2D eigenvalue weighted by Gasteiger charge is -2.44. The highest BCUT2D eigenvalue weighted by Gasteiger charge is 2.46. The number of anilines is 1. The maximum absolute atomic E-state index is 14.9. The number of alkyl halides is 1. The molecule has 29 heavy (non-hydrogen) atoms. The number of amides is 1. The van der Waals surface area contributed by atoms with Gasteiger partial charge in [-0.05, 0) is 36.4 Å². The Balaban J connectivity index is 1.42. The normalized spacial score (nSPS) is 15.2. The van der Waals surface area contributed by atoms with Crippen molar-refractivity contribution in [1.29, 1.82) is 0 Å². The van der Waals surface area contributed by atoms with Gasteiger partial charge < -0.3 is 15.2 Å². The molecule has 6 nitrogen and oxygen atoms in total. The Bertz CT molecular complexity index is 1040. The lowest BCUT2D eigenvalue weighted by Crippen LogP contribution is -2.62. The second-order valence-corrected chi connectivity index (χ2v) is 7.45. The predicted octanol–water partition coefficient (Wildman–Crippen LogP) is 2.54. The molecule has 2 N–H and O–H groups in total. The van der Waals surface area contributed by atoms with Crippen molar-refractivity contribution >= 4 is 11.6 Å². The van der Waals surface area contributed by atoms with E-state index in [-0.39, 0.29) is 37.7 Å². The van der Waals surface area contributed by atoms with Crippen LogP contribution in [-0.2, 0) is 24.7 Å². The average Bonchev–Trinajstić information content (AvgIpc) is 3.06. The van der Waals surface area contributed by atoms with Gasteiger partial charge in [0.15, 0.2) is 5.67 Å². The van der Waals surface area contributed by atoms with Crippen LogP contribution in [0.3, 0.4) is 0 Å². The van der Waals surface area contributed by atoms with Crippen LogP contribution in [0, 0.1) is 5.82 Å². The predicted molar refractivity (Wildman–Crippen MR) is 105 cm³/mol. The van der Waals surface area contributed by atoms with E-state index in [0.29, 0.717) is 22.9 Å². The molecule has 1 aliphatic heterocycles. The first kappa shape index (κ1) is 19.0. The summed E-state index contributed by atoms with van der Waals surface area (Å²) in [4.78, 5) is 22.7. The van der Waals surface area contributed by atoms with Gasteiger partial charge in [0.1, 0.15) is 11.6 Å². The molecule has 0 radical (unpaired) electrons. The van der Waals surface area contributed by atoms with Gasteiger partial charge in [0.2, 0.25) is 5.91 Å². The first-order valence-corrected chi connectivity index (χ1v) is 9.27. The van der Waals surface area contributed by atoms with Crippen LogP contribution in [0.25, 0.3) is 11.3 Å². The van der Waals surface area contributed by atoms with Gasteiger partial charge in [0.05, 0.1) is 36.6 Å². The number of rotatable bonds is 5. The first-order valence-electron chi connectivity index (χ1n) is 9.27. The van der Waals surface area contributed by atoms with Crippen LogP contribution in [0.1, 0.15) is 11.5 Å². The van der Waals surface area contributed by atoms with E-state index in [1.807, 2.05) is 7.05 Å². The van der Waals surface area contributed by atoms with Crippen molar-refractivity contribution in [3.63, 3.8) is 0 Å². The SMILES string of the molecule is Cn1ccnc1CC1(F)CN(C(=O)Cc2nc(-c3ccc(F)cc3)ccc2N)C1. The van der Waals surface area contributed by atoms with Crippen molar-refractivity contribution < 1.29 is 13.6 Å². The molecule has 0 aliphatic carbocycles. The Morgan fingerprint density at radius 3 is 2.59 bits per heavy atom. The minimum Gasteiger partial charge on any atom is -0.397 e. The summed E-state index contributed by atoms with van der Waals surface area (Å²) in [6, 6.07) is 9.32. The molecule has 8 heteroatoms. The van der Waals surface area contributed by atoms with Gasteiger partial charge in [0, 0.05) is 31.4 Å². The van der Waals surface area contributed by atoms with E-state index >= 15 is 0 Å². The Kier molecular flexibility index (Phi) is 4.77. The summed E-state index contributed by atoms with van der Waals surface area (Å²) < 4.78 is 29.8. The van der Waals surface area contributed by atoms with Crippen molar-refractivity contribution in [2.45, 2.75) is 18.5 Å². The quantitative estimate of drug-likeness (QED) is 0.718. The number of pyridine rings is 1. The van der Waals surface area contributed by atoms with Crippen molar-refractivity contribution in [3.05, 3.63) is 66.1 Å². The Morgan fingerprint density at radius 2 is 1.93 bits per heavy atom. The number of halogens is 2. The van der Waals surface area contributed by atoms with Gasteiger partial charge in [-0.2, -0.15) is 0 Å². The molecular weight excluding hydrogens is 376 g/mol. The summed E-state index contributed by atoms with van der Waals surface area (Å²) in [5, 5.41) is 0. The molecule has 0 bridgehead atoms. The average molecular weight is 397 g/mol. The fourth-order valence-corrected chi connectivity index (χ4v) is 3.47. The highest BCUT2D eigenvalue weighted by atomic mass is 19.1. The maximum Gasteiger partial charge on any atom is 0.228 e. The largest absolute Gasteiger partial charge is 0.397 e. The summed E-state index contributed by atoms with van der Waals surface area (Å²) in [5.41, 5.74) is 6.66. The molecular formula is C21H21F2N5O. The van der Waals surface area contributed by atoms with Gasteiger partial charge in [-0.1, -0.05) is 0 Å². The number of aromatic nitrogens is 3. The molecule has 1 fully saturated rings. The third kappa shape index (κ3) is 3.96. The number of hydrogen-bond acceptors (Lipinski definition) is 4. The number of imidazole rings is 1. The maximum atomic E-state index is 14.9. The topological polar surface area (TPSA) is 77.0 Å². The Labute approximate surface area is 167 Å². The zero-order chi connectivity index (χ0) is 20.6. The molecule has 0 unspecified atom stereocenters. The number of aryl methyl sites for hydroxylation is 1. The molecule has 3 aromatic rings. The third-order valence-electron chi connectivity index (χ3n) is 5.17. The van der Waals surface area contributed by atoms with E-state index < -0.39 is 5.67 Å². The number of likely N-dealkylation sites (tertiary alicyclic amines) is 1. The van der Waals surface area contributed by atoms with Gasteiger partial charge >= 0.3 is 0 Å². The molecule has 0 spiro atoms. The standard InChI is InChI=1S/C21H21F2N5O/c1-27-9-8-25-19(27)11-21(23)12-28(13-21)20(29)10-18-16(24)6-7-17(26-18)14-2-4-15(22)5-3-14/h2-9H,10-13,24H2,1H3. The van der Waals surface area contributed by atoms with Crippen molar-refractivity contribution in [2.24, 2.45) is 7.05 Å². The number of carbonyl (C=O) groups excluding carboxylic acids is 1. The fraction of sp³-hybridized carbons (Fsp3) is 0.286. The summed E-state index contributed by atoms with van der Waals surface area (Å²) in [6.45, 7) is 0.0481. The number of carbonyl (C=O) groups is 1. The molecule has 1 aliphatic rings. The number of nitrogen functional groups attached to an aromatic ring is 1. The highest BCUT2D eigenvalue weighted by molar-refractivity contribution is 5.81. The zero-order valence-corrected chi connectivity index (χ0v) is 16.0. The van der Waals surface area contributed by atoms with Gasteiger partial charge in [0.25, 0.3) is 0 Å². The smallest absolute Gasteiger partial charge is 0.228 e. The van der Waals surface area contributed by atoms with E-state index in [1.165, 1.54) is 17.0 Å². The van der Waals surface area contributed by atoms with Gasteiger partial charge in [-0.25, -0.2) is 13.8 Å². The lowest BCUT2D eigenvalue weighted by molar-refractivity contribution is -0.144. The second kappa shape index (κ2) is 7.27. The van der Waals surface area contributed by atoms with E-state index in [4.69, 9.17) is 5.73 Å². The molecule has 0 saturated carbocycles. The first-order chi connectivity index (χ1) is 13.8. The van der Waals surface area contributed by atoms with E-state index in [1.54, 1.807) is 41.2 Å². The fourth-order valence-electron chi connectivity index (χ4n) is 3.47. The van der Waals surface area contributed by atoms with Crippen LogP contribution in [0.5, 0.6) is 0 Å². The molecule has 0 atom stereocenters. The minimum atomic E-state index is -1.47. The van der Waals surface area contributed by atoms with E-state index in [2.05, 4.69) is 9.97 Å². The van der Waals surface area contributed by atoms with Crippen LogP contribution in [0.15, 0.2) is 48.8 Å². The summed E-state index contributed by atoms with van der Waals surface area (Å²) in [7, 11) is 1.82. The monoisotopic (exact) mass is 397 g/mol. The number of benzene rings is 1. The van der Waals surface area contributed by atoms with Crippen LogP contribution in [0.2, 0.25) is 0 Å². The lowest BCUT2D eigenvalue weighted by atomic mass is 9.91. The highest BCUT2D eigenvalue weighted by Crippen LogP contribution is 2.30. The molecule has 4 rings (SSSR count). The number of nitrogens with two attached hydrogens (primary N) is 1. The van der Waals surface area contributed by atoms with Crippen LogP contribution >= 0.6 is 0 Å². The van der Waals surface area contributed by atoms with E-state index in [9.17, 15) is 13.6 Å². The van der Waals surface area contributed by atoms with Crippen LogP contribution < -0.4 is 5.73 Å². The van der Waals surface area contributed by atoms with E-state index in [0.717, 1.165) is 5.56 Å². The summed E-state index contributed by atoms with van der Waals surface area (Å²) >= 11 is 0. The second-order valence-electron chi connectivity index (χ2n) is 7.45. The molecule has 1 saturated heterocycles. The Hall–Kier alpha value is -3.29. The van der Waals surface area contributed by atoms with Gasteiger partial charge in [-0.3, -0.25) is 9.78 Å². The molecule has 3 heterocycles. The third-order valence-corrected chi connectivity index (χ3v) is 5.17. The van der Waals surface area contributed by atoms with Crippen molar-refractivity contribution in [3.8, 4) is 11.3 Å². The molecule has 2 aromatic heterocycles. The minimum absolute atomic E-state index is 0.0145. The van der Waals surface area contributed by atoms with Crippen LogP contribution in [-0.4, -0.2) is 44.1 Å². The molecule has 1 amide bonds.